The molecule has 5 atom stereocenters. The van der Waals surface area contributed by atoms with Crippen molar-refractivity contribution in [2.24, 2.45) is 22.7 Å². The summed E-state index contributed by atoms with van der Waals surface area (Å²) in [6, 6.07) is 0. The maximum atomic E-state index is 12.1. The van der Waals surface area contributed by atoms with Gasteiger partial charge in [-0.15, -0.1) is 0 Å². The van der Waals surface area contributed by atoms with Gasteiger partial charge in [-0.2, -0.15) is 0 Å². The molecule has 3 nitrogen and oxygen atoms in total. The first-order chi connectivity index (χ1) is 10.8. The fourth-order valence-electron chi connectivity index (χ4n) is 4.71. The van der Waals surface area contributed by atoms with E-state index in [1.165, 1.54) is 5.57 Å². The summed E-state index contributed by atoms with van der Waals surface area (Å²) in [4.78, 5) is 23.7. The molecular formula is C20H30O3. The zero-order chi connectivity index (χ0) is 17.3. The summed E-state index contributed by atoms with van der Waals surface area (Å²) in [6.07, 6.45) is 9.43. The molecule has 2 bridgehead atoms. The Kier molecular flexibility index (Phi) is 5.30. The number of aldehydes is 2. The van der Waals surface area contributed by atoms with Crippen LogP contribution in [0.15, 0.2) is 23.3 Å². The number of hydrogen-bond acceptors (Lipinski definition) is 3. The number of allylic oxidation sites excluding steroid dienone is 3. The molecular weight excluding hydrogens is 288 g/mol. The van der Waals surface area contributed by atoms with E-state index in [1.807, 2.05) is 13.0 Å². The van der Waals surface area contributed by atoms with Crippen molar-refractivity contribution in [1.82, 2.24) is 0 Å². The number of aliphatic hydroxyl groups excluding tert-OH is 1. The van der Waals surface area contributed by atoms with Crippen LogP contribution in [0.1, 0.15) is 59.8 Å². The van der Waals surface area contributed by atoms with Crippen molar-refractivity contribution in [3.8, 4) is 0 Å². The van der Waals surface area contributed by atoms with Crippen LogP contribution in [0.3, 0.4) is 0 Å². The highest BCUT2D eigenvalue weighted by atomic mass is 16.3. The summed E-state index contributed by atoms with van der Waals surface area (Å²) in [5.74, 6) is 0.321. The molecule has 0 radical (unpaired) electrons. The third-order valence-corrected chi connectivity index (χ3v) is 6.22. The Bertz CT molecular complexity index is 529. The minimum Gasteiger partial charge on any atom is -0.391 e. The lowest BCUT2D eigenvalue weighted by molar-refractivity contribution is -0.153. The zero-order valence-electron chi connectivity index (χ0n) is 14.8. The van der Waals surface area contributed by atoms with Crippen LogP contribution in [0, 0.1) is 22.7 Å². The SMILES string of the molecule is CC(C)=CCC[C@@H](C)C1CC[C@]2(C)CC=C(C=O)C1(C=O)C2O. The van der Waals surface area contributed by atoms with Gasteiger partial charge in [-0.05, 0) is 63.2 Å². The number of rotatable bonds is 6. The van der Waals surface area contributed by atoms with Crippen molar-refractivity contribution in [3.63, 3.8) is 0 Å². The smallest absolute Gasteiger partial charge is 0.146 e. The Morgan fingerprint density at radius 1 is 1.43 bits per heavy atom. The summed E-state index contributed by atoms with van der Waals surface area (Å²) in [5, 5.41) is 11.0. The van der Waals surface area contributed by atoms with Gasteiger partial charge >= 0.3 is 0 Å². The van der Waals surface area contributed by atoms with Crippen LogP contribution in [-0.4, -0.2) is 23.8 Å². The van der Waals surface area contributed by atoms with Gasteiger partial charge in [-0.3, -0.25) is 4.79 Å². The maximum absolute atomic E-state index is 12.1. The van der Waals surface area contributed by atoms with Gasteiger partial charge < -0.3 is 9.90 Å². The molecule has 1 saturated carbocycles. The first kappa shape index (κ1) is 18.1. The molecule has 0 spiro atoms. The number of carbonyl (C=O) groups excluding carboxylic acids is 2. The van der Waals surface area contributed by atoms with Crippen molar-refractivity contribution in [2.75, 3.05) is 0 Å². The molecule has 0 aromatic heterocycles. The molecule has 0 heterocycles. The molecule has 0 aromatic carbocycles. The minimum atomic E-state index is -1.02. The molecule has 1 N–H and O–H groups in total. The second-order valence-corrected chi connectivity index (χ2v) is 8.07. The summed E-state index contributed by atoms with van der Waals surface area (Å²) in [7, 11) is 0. The molecule has 0 aliphatic heterocycles. The van der Waals surface area contributed by atoms with Gasteiger partial charge in [0.05, 0.1) is 11.5 Å². The second kappa shape index (κ2) is 6.72. The molecule has 3 unspecified atom stereocenters. The molecule has 3 heteroatoms. The van der Waals surface area contributed by atoms with Crippen molar-refractivity contribution in [3.05, 3.63) is 23.3 Å². The van der Waals surface area contributed by atoms with Gasteiger partial charge in [0.15, 0.2) is 0 Å². The Labute approximate surface area is 139 Å². The molecule has 2 rings (SSSR count). The summed E-state index contributed by atoms with van der Waals surface area (Å²) in [5.41, 5.74) is 0.488. The lowest BCUT2D eigenvalue weighted by Crippen LogP contribution is -2.59. The average Bonchev–Trinajstić information content (AvgIpc) is 2.49. The van der Waals surface area contributed by atoms with Gasteiger partial charge in [-0.25, -0.2) is 0 Å². The highest BCUT2D eigenvalue weighted by Crippen LogP contribution is 2.59. The fraction of sp³-hybridized carbons (Fsp3) is 0.700. The van der Waals surface area contributed by atoms with E-state index in [1.54, 1.807) is 0 Å². The summed E-state index contributed by atoms with van der Waals surface area (Å²) < 4.78 is 0. The van der Waals surface area contributed by atoms with Crippen molar-refractivity contribution in [2.45, 2.75) is 65.9 Å². The van der Waals surface area contributed by atoms with E-state index in [-0.39, 0.29) is 17.3 Å². The van der Waals surface area contributed by atoms with Crippen LogP contribution in [-0.2, 0) is 9.59 Å². The van der Waals surface area contributed by atoms with Crippen LogP contribution in [0.4, 0.5) is 0 Å². The number of fused-ring (bicyclic) bond motifs is 2. The van der Waals surface area contributed by atoms with E-state index >= 15 is 0 Å². The predicted octanol–water partition coefficient (Wildman–Crippen LogP) is 3.86. The molecule has 1 fully saturated rings. The van der Waals surface area contributed by atoms with E-state index in [0.717, 1.165) is 38.3 Å². The van der Waals surface area contributed by atoms with E-state index in [4.69, 9.17) is 0 Å². The lowest BCUT2D eigenvalue weighted by atomic mass is 9.48. The summed E-state index contributed by atoms with van der Waals surface area (Å²) in [6.45, 7) is 8.36. The number of hydrogen-bond donors (Lipinski definition) is 1. The summed E-state index contributed by atoms with van der Waals surface area (Å²) >= 11 is 0. The fourth-order valence-corrected chi connectivity index (χ4v) is 4.71. The van der Waals surface area contributed by atoms with Crippen LogP contribution < -0.4 is 0 Å². The first-order valence-corrected chi connectivity index (χ1v) is 8.75. The van der Waals surface area contributed by atoms with Crippen LogP contribution in [0.2, 0.25) is 0 Å². The van der Waals surface area contributed by atoms with Crippen molar-refractivity contribution >= 4 is 12.6 Å². The van der Waals surface area contributed by atoms with Gasteiger partial charge in [0.1, 0.15) is 12.6 Å². The Hall–Kier alpha value is -1.22. The second-order valence-electron chi connectivity index (χ2n) is 8.07. The van der Waals surface area contributed by atoms with Gasteiger partial charge in [0.25, 0.3) is 0 Å². The normalized spacial score (nSPS) is 37.5. The third kappa shape index (κ3) is 2.96. The van der Waals surface area contributed by atoms with Crippen LogP contribution in [0.25, 0.3) is 0 Å². The van der Waals surface area contributed by atoms with E-state index in [9.17, 15) is 14.7 Å². The molecule has 128 valence electrons. The minimum absolute atomic E-state index is 0.0328. The van der Waals surface area contributed by atoms with E-state index in [2.05, 4.69) is 26.8 Å². The Balaban J connectivity index is 2.34. The largest absolute Gasteiger partial charge is 0.391 e. The molecule has 2 aliphatic rings. The van der Waals surface area contributed by atoms with Crippen LogP contribution in [0.5, 0.6) is 0 Å². The Morgan fingerprint density at radius 3 is 2.70 bits per heavy atom. The van der Waals surface area contributed by atoms with E-state index < -0.39 is 11.5 Å². The highest BCUT2D eigenvalue weighted by molar-refractivity contribution is 5.86. The van der Waals surface area contributed by atoms with Gasteiger partial charge in [0, 0.05) is 5.57 Å². The maximum Gasteiger partial charge on any atom is 0.146 e. The number of aliphatic hydroxyl groups is 1. The van der Waals surface area contributed by atoms with Crippen LogP contribution >= 0.6 is 0 Å². The standard InChI is InChI=1S/C20H30O3/c1-14(2)6-5-7-15(3)17-9-11-19(4)10-8-16(12-21)20(17,13-22)18(19)23/h6,8,12-13,15,17-18,23H,5,7,9-11H2,1-4H3/t15-,17?,18?,19+,20?/m1/s1. The topological polar surface area (TPSA) is 54.4 Å². The average molecular weight is 318 g/mol. The predicted molar refractivity (Wildman–Crippen MR) is 91.9 cm³/mol. The molecule has 0 saturated heterocycles. The van der Waals surface area contributed by atoms with E-state index in [0.29, 0.717) is 12.0 Å². The van der Waals surface area contributed by atoms with Crippen molar-refractivity contribution in [1.29, 1.82) is 0 Å². The molecule has 0 aromatic rings. The molecule has 23 heavy (non-hydrogen) atoms. The Morgan fingerprint density at radius 2 is 2.13 bits per heavy atom. The quantitative estimate of drug-likeness (QED) is 0.597. The molecule has 2 aliphatic carbocycles. The highest BCUT2D eigenvalue weighted by Gasteiger charge is 2.60. The van der Waals surface area contributed by atoms with Gasteiger partial charge in [-0.1, -0.05) is 31.6 Å². The first-order valence-electron chi connectivity index (χ1n) is 8.75. The van der Waals surface area contributed by atoms with Gasteiger partial charge in [0.2, 0.25) is 0 Å². The molecule has 0 amide bonds. The number of carbonyl (C=O) groups is 2. The third-order valence-electron chi connectivity index (χ3n) is 6.22. The van der Waals surface area contributed by atoms with Crippen molar-refractivity contribution < 1.29 is 14.7 Å². The zero-order valence-corrected chi connectivity index (χ0v) is 14.8. The lowest BCUT2D eigenvalue weighted by Gasteiger charge is -2.56. The monoisotopic (exact) mass is 318 g/mol.